The van der Waals surface area contributed by atoms with Gasteiger partial charge in [0.1, 0.15) is 5.75 Å². The van der Waals surface area contributed by atoms with Crippen molar-refractivity contribution in [3.63, 3.8) is 0 Å². The van der Waals surface area contributed by atoms with Crippen LogP contribution in [0, 0.1) is 0 Å². The molecule has 3 nitrogen and oxygen atoms in total. The molecule has 0 unspecified atom stereocenters. The van der Waals surface area contributed by atoms with E-state index in [0.29, 0.717) is 0 Å². The molecule has 3 heteroatoms. The van der Waals surface area contributed by atoms with Crippen LogP contribution in [0.25, 0.3) is 0 Å². The third-order valence-corrected chi connectivity index (χ3v) is 4.54. The van der Waals surface area contributed by atoms with Crippen molar-refractivity contribution in [1.82, 2.24) is 5.32 Å². The lowest BCUT2D eigenvalue weighted by molar-refractivity contribution is -0.118. The summed E-state index contributed by atoms with van der Waals surface area (Å²) in [5.74, 6) is 0.825. The maximum atomic E-state index is 12.7. The standard InChI is InChI=1S/C19H17NO2/c1-22-15-6-3-5-14(12-15)19(10-11-19)20-18(21)17-9-8-13-4-2-7-16(13)17/h2-9,12H,10-11H2,1H3,(H,20,21). The van der Waals surface area contributed by atoms with Crippen molar-refractivity contribution >= 4 is 5.91 Å². The van der Waals surface area contributed by atoms with E-state index in [0.717, 1.165) is 40.9 Å². The number of amides is 1. The molecule has 1 aromatic carbocycles. The molecule has 0 aliphatic heterocycles. The smallest absolute Gasteiger partial charge is 0.252 e. The van der Waals surface area contributed by atoms with E-state index in [9.17, 15) is 4.79 Å². The second kappa shape index (κ2) is 4.73. The minimum absolute atomic E-state index is 0.00141. The van der Waals surface area contributed by atoms with Crippen LogP contribution in [0.4, 0.5) is 0 Å². The fourth-order valence-corrected chi connectivity index (χ4v) is 3.10. The highest BCUT2D eigenvalue weighted by Crippen LogP contribution is 2.46. The van der Waals surface area contributed by atoms with Gasteiger partial charge < -0.3 is 10.1 Å². The molecule has 0 atom stereocenters. The topological polar surface area (TPSA) is 38.3 Å². The summed E-state index contributed by atoms with van der Waals surface area (Å²) in [5, 5.41) is 3.22. The fraction of sp³-hybridized carbons (Fsp3) is 0.211. The SMILES string of the molecule is COc1cccc(C2(NC(=O)C3=C4C=CC=C4C=C3)CC2)c1. The number of hydrogen-bond acceptors (Lipinski definition) is 2. The van der Waals surface area contributed by atoms with E-state index in [2.05, 4.69) is 11.4 Å². The van der Waals surface area contributed by atoms with E-state index >= 15 is 0 Å². The second-order valence-electron chi connectivity index (χ2n) is 5.91. The average molecular weight is 291 g/mol. The summed E-state index contributed by atoms with van der Waals surface area (Å²) in [6.45, 7) is 0. The molecule has 1 N–H and O–H groups in total. The monoisotopic (exact) mass is 291 g/mol. The first-order valence-electron chi connectivity index (χ1n) is 7.50. The van der Waals surface area contributed by atoms with E-state index in [1.165, 1.54) is 0 Å². The first-order valence-corrected chi connectivity index (χ1v) is 7.50. The zero-order valence-electron chi connectivity index (χ0n) is 12.4. The lowest BCUT2D eigenvalue weighted by atomic mass is 10.0. The van der Waals surface area contributed by atoms with Gasteiger partial charge in [0.25, 0.3) is 5.91 Å². The number of ether oxygens (including phenoxy) is 1. The van der Waals surface area contributed by atoms with Crippen LogP contribution in [0.2, 0.25) is 0 Å². The van der Waals surface area contributed by atoms with Crippen LogP contribution < -0.4 is 10.1 Å². The first kappa shape index (κ1) is 13.1. The molecule has 0 saturated heterocycles. The van der Waals surface area contributed by atoms with E-state index in [1.807, 2.05) is 48.6 Å². The molecule has 0 bridgehead atoms. The summed E-state index contributed by atoms with van der Waals surface area (Å²) < 4.78 is 5.29. The van der Waals surface area contributed by atoms with Crippen LogP contribution in [0.15, 0.2) is 71.4 Å². The molecule has 0 spiro atoms. The number of carbonyl (C=O) groups excluding carboxylic acids is 1. The van der Waals surface area contributed by atoms with Gasteiger partial charge in [-0.05, 0) is 47.8 Å². The Balaban J connectivity index is 1.59. The highest BCUT2D eigenvalue weighted by molar-refractivity contribution is 6.01. The molecular weight excluding hydrogens is 274 g/mol. The number of benzene rings is 1. The highest BCUT2D eigenvalue weighted by atomic mass is 16.5. The molecule has 1 aromatic rings. The van der Waals surface area contributed by atoms with Gasteiger partial charge in [0.2, 0.25) is 0 Å². The van der Waals surface area contributed by atoms with E-state index in [1.54, 1.807) is 7.11 Å². The van der Waals surface area contributed by atoms with Gasteiger partial charge in [0.15, 0.2) is 0 Å². The molecule has 0 heterocycles. The first-order chi connectivity index (χ1) is 10.7. The predicted molar refractivity (Wildman–Crippen MR) is 85.4 cm³/mol. The Morgan fingerprint density at radius 1 is 1.23 bits per heavy atom. The third-order valence-electron chi connectivity index (χ3n) is 4.54. The number of carbonyl (C=O) groups is 1. The lowest BCUT2D eigenvalue weighted by Crippen LogP contribution is -2.35. The minimum Gasteiger partial charge on any atom is -0.497 e. The molecule has 22 heavy (non-hydrogen) atoms. The number of methoxy groups -OCH3 is 1. The number of hydrogen-bond donors (Lipinski definition) is 1. The van der Waals surface area contributed by atoms with Gasteiger partial charge >= 0.3 is 0 Å². The predicted octanol–water partition coefficient (Wildman–Crippen LogP) is 3.16. The number of rotatable bonds is 4. The Bertz CT molecular complexity index is 776. The van der Waals surface area contributed by atoms with Gasteiger partial charge in [-0.2, -0.15) is 0 Å². The van der Waals surface area contributed by atoms with E-state index in [-0.39, 0.29) is 11.4 Å². The Morgan fingerprint density at radius 3 is 2.86 bits per heavy atom. The summed E-state index contributed by atoms with van der Waals surface area (Å²) in [6, 6.07) is 7.96. The van der Waals surface area contributed by atoms with Crippen molar-refractivity contribution in [2.75, 3.05) is 7.11 Å². The fourth-order valence-electron chi connectivity index (χ4n) is 3.10. The maximum absolute atomic E-state index is 12.7. The van der Waals surface area contributed by atoms with Crippen LogP contribution in [0.5, 0.6) is 5.75 Å². The number of allylic oxidation sites excluding steroid dienone is 6. The van der Waals surface area contributed by atoms with Crippen molar-refractivity contribution in [2.24, 2.45) is 0 Å². The summed E-state index contributed by atoms with van der Waals surface area (Å²) in [5.41, 5.74) is 3.79. The lowest BCUT2D eigenvalue weighted by Gasteiger charge is -2.19. The minimum atomic E-state index is -0.234. The van der Waals surface area contributed by atoms with Gasteiger partial charge in [-0.3, -0.25) is 4.79 Å². The zero-order valence-corrected chi connectivity index (χ0v) is 12.4. The third kappa shape index (κ3) is 2.01. The van der Waals surface area contributed by atoms with Gasteiger partial charge in [-0.15, -0.1) is 0 Å². The van der Waals surface area contributed by atoms with Crippen molar-refractivity contribution in [3.05, 3.63) is 76.9 Å². The van der Waals surface area contributed by atoms with Gasteiger partial charge in [-0.25, -0.2) is 0 Å². The quantitative estimate of drug-likeness (QED) is 0.925. The second-order valence-corrected chi connectivity index (χ2v) is 5.91. The molecule has 1 saturated carbocycles. The van der Waals surface area contributed by atoms with Gasteiger partial charge in [0.05, 0.1) is 12.6 Å². The van der Waals surface area contributed by atoms with Crippen molar-refractivity contribution < 1.29 is 9.53 Å². The van der Waals surface area contributed by atoms with Crippen LogP contribution >= 0.6 is 0 Å². The summed E-state index contributed by atoms with van der Waals surface area (Å²) in [7, 11) is 1.66. The molecular formula is C19H17NO2. The molecule has 110 valence electrons. The maximum Gasteiger partial charge on any atom is 0.252 e. The molecule has 3 aliphatic rings. The van der Waals surface area contributed by atoms with Crippen molar-refractivity contribution in [3.8, 4) is 5.75 Å². The molecule has 0 radical (unpaired) electrons. The van der Waals surface area contributed by atoms with Crippen molar-refractivity contribution in [2.45, 2.75) is 18.4 Å². The summed E-state index contributed by atoms with van der Waals surface area (Å²) in [6.07, 6.45) is 11.8. The Kier molecular flexibility index (Phi) is 2.83. The molecule has 4 rings (SSSR count). The largest absolute Gasteiger partial charge is 0.497 e. The Labute approximate surface area is 129 Å². The normalized spacial score (nSPS) is 20.0. The van der Waals surface area contributed by atoms with Crippen LogP contribution in [-0.4, -0.2) is 13.0 Å². The van der Waals surface area contributed by atoms with E-state index < -0.39 is 0 Å². The van der Waals surface area contributed by atoms with Crippen LogP contribution in [0.1, 0.15) is 18.4 Å². The summed E-state index contributed by atoms with van der Waals surface area (Å²) >= 11 is 0. The van der Waals surface area contributed by atoms with Gasteiger partial charge in [0, 0.05) is 5.57 Å². The average Bonchev–Trinajstić information content (AvgIpc) is 2.98. The molecule has 1 fully saturated rings. The zero-order chi connectivity index (χ0) is 15.2. The number of fused-ring (bicyclic) bond motifs is 1. The number of nitrogens with one attached hydrogen (secondary N) is 1. The van der Waals surface area contributed by atoms with Crippen molar-refractivity contribution in [1.29, 1.82) is 0 Å². The summed E-state index contributed by atoms with van der Waals surface area (Å²) in [4.78, 5) is 12.7. The van der Waals surface area contributed by atoms with E-state index in [4.69, 9.17) is 4.74 Å². The molecule has 1 amide bonds. The highest BCUT2D eigenvalue weighted by Gasteiger charge is 2.46. The Morgan fingerprint density at radius 2 is 2.09 bits per heavy atom. The Hall–Kier alpha value is -2.55. The molecule has 3 aliphatic carbocycles. The van der Waals surface area contributed by atoms with Crippen LogP contribution in [-0.2, 0) is 10.3 Å². The van der Waals surface area contributed by atoms with Crippen LogP contribution in [0.3, 0.4) is 0 Å². The molecule has 0 aromatic heterocycles. The van der Waals surface area contributed by atoms with Gasteiger partial charge in [-0.1, -0.05) is 36.4 Å².